The first-order valence-corrected chi connectivity index (χ1v) is 4.86. The van der Waals surface area contributed by atoms with Gasteiger partial charge < -0.3 is 20.1 Å². The number of hydrogen-bond donors (Lipinski definition) is 3. The van der Waals surface area contributed by atoms with Crippen LogP contribution < -0.4 is 0 Å². The average Bonchev–Trinajstić information content (AvgIpc) is 2.27. The molecule has 4 heteroatoms. The topological polar surface area (TPSA) is 69.9 Å². The van der Waals surface area contributed by atoms with Crippen LogP contribution in [-0.4, -0.2) is 21.9 Å². The second-order valence-corrected chi connectivity index (χ2v) is 3.22. The minimum atomic E-state index is -0.251. The van der Waals surface area contributed by atoms with Crippen molar-refractivity contribution in [3.8, 4) is 5.75 Å². The third-order valence-electron chi connectivity index (χ3n) is 2.14. The maximum absolute atomic E-state index is 9.71. The summed E-state index contributed by atoms with van der Waals surface area (Å²) in [6.45, 7) is 2.32. The van der Waals surface area contributed by atoms with E-state index < -0.39 is 0 Å². The van der Waals surface area contributed by atoms with Crippen molar-refractivity contribution in [2.24, 2.45) is 0 Å². The van der Waals surface area contributed by atoms with Gasteiger partial charge in [-0.05, 0) is 24.6 Å². The van der Waals surface area contributed by atoms with Crippen molar-refractivity contribution >= 4 is 0 Å². The number of aromatic hydroxyl groups is 1. The van der Waals surface area contributed by atoms with Gasteiger partial charge in [0.05, 0.1) is 19.8 Å². The van der Waals surface area contributed by atoms with Crippen molar-refractivity contribution in [1.29, 1.82) is 0 Å². The number of aliphatic hydroxyl groups excluding tert-OH is 2. The Morgan fingerprint density at radius 2 is 1.80 bits per heavy atom. The molecule has 0 aliphatic heterocycles. The molecule has 0 fully saturated rings. The van der Waals surface area contributed by atoms with E-state index in [0.717, 1.165) is 0 Å². The Labute approximate surface area is 88.8 Å². The van der Waals surface area contributed by atoms with Crippen LogP contribution in [0.5, 0.6) is 5.75 Å². The van der Waals surface area contributed by atoms with E-state index in [4.69, 9.17) is 14.9 Å². The van der Waals surface area contributed by atoms with Crippen molar-refractivity contribution in [3.05, 3.63) is 28.8 Å². The average molecular weight is 212 g/mol. The molecule has 0 bridgehead atoms. The summed E-state index contributed by atoms with van der Waals surface area (Å²) in [6.07, 6.45) is 0. The molecule has 0 aliphatic carbocycles. The molecule has 0 radical (unpaired) electrons. The third-order valence-corrected chi connectivity index (χ3v) is 2.14. The van der Waals surface area contributed by atoms with Crippen molar-refractivity contribution < 1.29 is 20.1 Å². The predicted molar refractivity (Wildman–Crippen MR) is 55.3 cm³/mol. The van der Waals surface area contributed by atoms with Gasteiger partial charge in [-0.3, -0.25) is 0 Å². The summed E-state index contributed by atoms with van der Waals surface area (Å²) in [5.41, 5.74) is 1.66. The molecule has 84 valence electrons. The molecule has 0 aliphatic rings. The van der Waals surface area contributed by atoms with Crippen LogP contribution in [0.25, 0.3) is 0 Å². The van der Waals surface area contributed by atoms with E-state index in [2.05, 4.69) is 0 Å². The zero-order valence-electron chi connectivity index (χ0n) is 8.73. The van der Waals surface area contributed by atoms with Crippen LogP contribution >= 0.6 is 0 Å². The van der Waals surface area contributed by atoms with Gasteiger partial charge in [-0.2, -0.15) is 0 Å². The van der Waals surface area contributed by atoms with Gasteiger partial charge in [0.15, 0.2) is 0 Å². The molecule has 0 unspecified atom stereocenters. The molecule has 15 heavy (non-hydrogen) atoms. The molecule has 0 atom stereocenters. The van der Waals surface area contributed by atoms with Crippen LogP contribution in [-0.2, 0) is 24.6 Å². The van der Waals surface area contributed by atoms with E-state index in [9.17, 15) is 5.11 Å². The van der Waals surface area contributed by atoms with Crippen LogP contribution in [0.3, 0.4) is 0 Å². The van der Waals surface area contributed by atoms with Crippen LogP contribution in [0.15, 0.2) is 12.1 Å². The first kappa shape index (κ1) is 12.0. The summed E-state index contributed by atoms with van der Waals surface area (Å²) >= 11 is 0. The fourth-order valence-electron chi connectivity index (χ4n) is 1.37. The number of benzene rings is 1. The maximum atomic E-state index is 9.71. The highest BCUT2D eigenvalue weighted by Gasteiger charge is 2.09. The maximum Gasteiger partial charge on any atom is 0.126 e. The summed E-state index contributed by atoms with van der Waals surface area (Å²) < 4.78 is 5.18. The van der Waals surface area contributed by atoms with Gasteiger partial charge >= 0.3 is 0 Å². The Hall–Kier alpha value is -1.10. The van der Waals surface area contributed by atoms with Gasteiger partial charge in [0.25, 0.3) is 0 Å². The second kappa shape index (κ2) is 5.70. The zero-order valence-corrected chi connectivity index (χ0v) is 8.73. The Morgan fingerprint density at radius 3 is 2.33 bits per heavy atom. The van der Waals surface area contributed by atoms with Crippen molar-refractivity contribution in [3.63, 3.8) is 0 Å². The Bertz CT molecular complexity index is 323. The summed E-state index contributed by atoms with van der Waals surface area (Å²) in [4.78, 5) is 0. The number of rotatable bonds is 5. The molecular formula is C11H16O4. The predicted octanol–water partition coefficient (Wildman–Crippen LogP) is 0.913. The first-order chi connectivity index (χ1) is 7.22. The third kappa shape index (κ3) is 2.92. The van der Waals surface area contributed by atoms with Crippen LogP contribution in [0, 0.1) is 0 Å². The van der Waals surface area contributed by atoms with E-state index in [1.807, 2.05) is 6.92 Å². The summed E-state index contributed by atoms with van der Waals surface area (Å²) in [7, 11) is 0. The molecule has 1 rings (SSSR count). The van der Waals surface area contributed by atoms with Crippen LogP contribution in [0.4, 0.5) is 0 Å². The summed E-state index contributed by atoms with van der Waals surface area (Å²) in [6, 6.07) is 3.24. The van der Waals surface area contributed by atoms with Crippen molar-refractivity contribution in [2.45, 2.75) is 26.7 Å². The quantitative estimate of drug-likeness (QED) is 0.678. The van der Waals surface area contributed by atoms with Crippen molar-refractivity contribution in [2.75, 3.05) is 6.61 Å². The molecular weight excluding hydrogens is 196 g/mol. The number of hydrogen-bond acceptors (Lipinski definition) is 4. The first-order valence-electron chi connectivity index (χ1n) is 4.86. The van der Waals surface area contributed by atoms with E-state index in [1.165, 1.54) is 0 Å². The van der Waals surface area contributed by atoms with Gasteiger partial charge in [0, 0.05) is 17.7 Å². The fourth-order valence-corrected chi connectivity index (χ4v) is 1.37. The van der Waals surface area contributed by atoms with E-state index in [-0.39, 0.29) is 25.6 Å². The lowest BCUT2D eigenvalue weighted by molar-refractivity contribution is 0.131. The standard InChI is InChI=1S/C11H16O4/c1-2-15-7-10-4-8(5-12)3-9(6-13)11(10)14/h3-4,12-14H,2,5-7H2,1H3. The molecule has 0 saturated carbocycles. The van der Waals surface area contributed by atoms with Gasteiger partial charge in [-0.1, -0.05) is 0 Å². The zero-order chi connectivity index (χ0) is 11.3. The summed E-state index contributed by atoms with van der Waals surface area (Å²) in [5.74, 6) is 0.0446. The molecule has 0 amide bonds. The minimum absolute atomic E-state index is 0.0446. The fraction of sp³-hybridized carbons (Fsp3) is 0.455. The number of phenols is 1. The largest absolute Gasteiger partial charge is 0.507 e. The monoisotopic (exact) mass is 212 g/mol. The smallest absolute Gasteiger partial charge is 0.126 e. The van der Waals surface area contributed by atoms with Gasteiger partial charge in [-0.15, -0.1) is 0 Å². The van der Waals surface area contributed by atoms with Crippen LogP contribution in [0.1, 0.15) is 23.6 Å². The Kier molecular flexibility index (Phi) is 4.55. The Balaban J connectivity index is 3.01. The second-order valence-electron chi connectivity index (χ2n) is 3.22. The van der Waals surface area contributed by atoms with Gasteiger partial charge in [0.2, 0.25) is 0 Å². The highest BCUT2D eigenvalue weighted by molar-refractivity contribution is 5.43. The molecule has 1 aromatic carbocycles. The molecule has 0 heterocycles. The molecule has 0 saturated heterocycles. The SMILES string of the molecule is CCOCc1cc(CO)cc(CO)c1O. The lowest BCUT2D eigenvalue weighted by Crippen LogP contribution is -1.98. The molecule has 0 aromatic heterocycles. The highest BCUT2D eigenvalue weighted by atomic mass is 16.5. The van der Waals surface area contributed by atoms with E-state index in [1.54, 1.807) is 12.1 Å². The Morgan fingerprint density at radius 1 is 1.13 bits per heavy atom. The van der Waals surface area contributed by atoms with E-state index >= 15 is 0 Å². The normalized spacial score (nSPS) is 10.6. The van der Waals surface area contributed by atoms with Crippen LogP contribution in [0.2, 0.25) is 0 Å². The molecule has 0 spiro atoms. The van der Waals surface area contributed by atoms with Gasteiger partial charge in [-0.25, -0.2) is 0 Å². The number of aliphatic hydroxyl groups is 2. The van der Waals surface area contributed by atoms with E-state index in [0.29, 0.717) is 23.3 Å². The lowest BCUT2D eigenvalue weighted by Gasteiger charge is -2.10. The van der Waals surface area contributed by atoms with Crippen molar-refractivity contribution in [1.82, 2.24) is 0 Å². The molecule has 3 N–H and O–H groups in total. The number of ether oxygens (including phenoxy) is 1. The molecule has 4 nitrogen and oxygen atoms in total. The molecule has 1 aromatic rings. The minimum Gasteiger partial charge on any atom is -0.507 e. The lowest BCUT2D eigenvalue weighted by atomic mass is 10.1. The van der Waals surface area contributed by atoms with Gasteiger partial charge in [0.1, 0.15) is 5.75 Å². The highest BCUT2D eigenvalue weighted by Crippen LogP contribution is 2.25. The summed E-state index contributed by atoms with van der Waals surface area (Å²) in [5, 5.41) is 27.7.